The molecule has 6 nitrogen and oxygen atoms in total. The lowest BCUT2D eigenvalue weighted by Gasteiger charge is -2.44. The highest BCUT2D eigenvalue weighted by Crippen LogP contribution is 2.65. The topological polar surface area (TPSA) is 60.9 Å². The summed E-state index contributed by atoms with van der Waals surface area (Å²) >= 11 is 0. The molecule has 2 aliphatic rings. The molecule has 0 bridgehead atoms. The third-order valence-electron chi connectivity index (χ3n) is 6.06. The lowest BCUT2D eigenvalue weighted by atomic mass is 10.3. The molecule has 30 heavy (non-hydrogen) atoms. The van der Waals surface area contributed by atoms with Gasteiger partial charge in [-0.2, -0.15) is 0 Å². The summed E-state index contributed by atoms with van der Waals surface area (Å²) in [4.78, 5) is 2.17. The molecule has 0 aromatic heterocycles. The summed E-state index contributed by atoms with van der Waals surface area (Å²) in [5.74, 6) is 0.0780. The van der Waals surface area contributed by atoms with Crippen LogP contribution in [-0.2, 0) is 14.4 Å². The van der Waals surface area contributed by atoms with Gasteiger partial charge in [-0.1, -0.05) is 49.7 Å². The van der Waals surface area contributed by atoms with Crippen LogP contribution in [0.15, 0.2) is 60.7 Å². The first kappa shape index (κ1) is 21.4. The van der Waals surface area contributed by atoms with Gasteiger partial charge in [0, 0.05) is 37.6 Å². The van der Waals surface area contributed by atoms with Crippen molar-refractivity contribution < 1.29 is 13.0 Å². The van der Waals surface area contributed by atoms with Crippen LogP contribution in [-0.4, -0.2) is 56.8 Å². The second-order valence-corrected chi connectivity index (χ2v) is 13.0. The molecule has 0 aliphatic carbocycles. The predicted octanol–water partition coefficient (Wildman–Crippen LogP) is 4.06. The maximum absolute atomic E-state index is 15.1. The van der Waals surface area contributed by atoms with Crippen LogP contribution in [0.1, 0.15) is 19.8 Å². The Hall–Kier alpha value is -1.82. The molecule has 0 spiro atoms. The normalized spacial score (nSPS) is 22.2. The van der Waals surface area contributed by atoms with Gasteiger partial charge in [0.1, 0.15) is 5.78 Å². The number of rotatable bonds is 6. The van der Waals surface area contributed by atoms with Gasteiger partial charge < -0.3 is 9.34 Å². The molecule has 4 rings (SSSR count). The monoisotopic (exact) mass is 447 g/mol. The highest BCUT2D eigenvalue weighted by atomic mass is 32.2. The van der Waals surface area contributed by atoms with E-state index < -0.39 is 17.3 Å². The Kier molecular flexibility index (Phi) is 6.24. The summed E-state index contributed by atoms with van der Waals surface area (Å²) in [5.41, 5.74) is 1.93. The molecule has 2 heterocycles. The minimum atomic E-state index is -3.07. The second-order valence-electron chi connectivity index (χ2n) is 7.96. The number of para-hydroxylation sites is 2. The Morgan fingerprint density at radius 2 is 1.30 bits per heavy atom. The van der Waals surface area contributed by atoms with Crippen molar-refractivity contribution in [3.8, 4) is 0 Å². The molecule has 1 unspecified atom stereocenters. The third kappa shape index (κ3) is 4.03. The van der Waals surface area contributed by atoms with Gasteiger partial charge in [-0.25, -0.2) is 8.42 Å². The maximum Gasteiger partial charge on any atom is 0.279 e. The molecule has 0 saturated carbocycles. The zero-order chi connectivity index (χ0) is 21.2. The van der Waals surface area contributed by atoms with Gasteiger partial charge in [-0.15, -0.1) is 0 Å². The molecule has 0 radical (unpaired) electrons. The smallest absolute Gasteiger partial charge is 0.279 e. The van der Waals surface area contributed by atoms with Crippen molar-refractivity contribution in [2.24, 2.45) is 0 Å². The zero-order valence-electron chi connectivity index (χ0n) is 17.4. The Bertz CT molecular complexity index is 935. The van der Waals surface area contributed by atoms with Crippen molar-refractivity contribution in [1.82, 2.24) is 4.90 Å². The van der Waals surface area contributed by atoms with E-state index in [1.54, 1.807) is 0 Å². The highest BCUT2D eigenvalue weighted by molar-refractivity contribution is 7.91. The van der Waals surface area contributed by atoms with Crippen LogP contribution in [0, 0.1) is 0 Å². The minimum Gasteiger partial charge on any atom is -0.304 e. The Labute approximate surface area is 179 Å². The standard InChI is InChI=1S/C22H30N3O3PS/c1-2-9-22(23-16-18-30(27,28)19-17-23)29(26)24(20-10-5-3-6-11-20)14-15-25(29)21-12-7-4-8-13-21/h3-8,10-13,22H,2,9,14-19H2,1H3. The maximum atomic E-state index is 15.1. The molecule has 8 heteroatoms. The largest absolute Gasteiger partial charge is 0.304 e. The van der Waals surface area contributed by atoms with E-state index >= 15 is 4.57 Å². The molecule has 2 aromatic carbocycles. The molecule has 2 aliphatic heterocycles. The fourth-order valence-corrected chi connectivity index (χ4v) is 9.63. The number of anilines is 2. The summed E-state index contributed by atoms with van der Waals surface area (Å²) in [6, 6.07) is 19.9. The van der Waals surface area contributed by atoms with E-state index in [0.717, 1.165) is 24.2 Å². The number of sulfone groups is 1. The van der Waals surface area contributed by atoms with Crippen LogP contribution in [0.4, 0.5) is 11.4 Å². The summed E-state index contributed by atoms with van der Waals surface area (Å²) in [6.45, 7) is 4.37. The van der Waals surface area contributed by atoms with Gasteiger partial charge in [0.2, 0.25) is 0 Å². The van der Waals surface area contributed by atoms with Crippen LogP contribution in [0.25, 0.3) is 0 Å². The fraction of sp³-hybridized carbons (Fsp3) is 0.455. The van der Waals surface area contributed by atoms with Crippen LogP contribution in [0.2, 0.25) is 0 Å². The lowest BCUT2D eigenvalue weighted by Crippen LogP contribution is -2.48. The van der Waals surface area contributed by atoms with E-state index in [2.05, 4.69) is 21.2 Å². The van der Waals surface area contributed by atoms with Crippen molar-refractivity contribution in [1.29, 1.82) is 0 Å². The van der Waals surface area contributed by atoms with Crippen molar-refractivity contribution >= 4 is 28.7 Å². The minimum absolute atomic E-state index is 0.143. The number of hydrogen-bond donors (Lipinski definition) is 0. The summed E-state index contributed by atoms with van der Waals surface area (Å²) in [6.07, 6.45) is 1.66. The average Bonchev–Trinajstić information content (AvgIpc) is 3.11. The van der Waals surface area contributed by atoms with Gasteiger partial charge in [0.25, 0.3) is 7.44 Å². The van der Waals surface area contributed by atoms with Crippen molar-refractivity contribution in [2.45, 2.75) is 25.5 Å². The fourth-order valence-electron chi connectivity index (χ4n) is 4.56. The van der Waals surface area contributed by atoms with Crippen LogP contribution < -0.4 is 9.34 Å². The average molecular weight is 448 g/mol. The lowest BCUT2D eigenvalue weighted by molar-refractivity contribution is 0.254. The number of nitrogens with zero attached hydrogens (tertiary/aromatic N) is 3. The SMILES string of the molecule is CCCC(N1CCS(=O)(=O)CC1)P1(=O)N(c2ccccc2)CCN1c1ccccc1. The third-order valence-corrected chi connectivity index (χ3v) is 11.3. The van der Waals surface area contributed by atoms with Gasteiger partial charge in [0.15, 0.2) is 9.84 Å². The van der Waals surface area contributed by atoms with E-state index in [-0.39, 0.29) is 17.3 Å². The first-order chi connectivity index (χ1) is 14.5. The number of hydrogen-bond acceptors (Lipinski definition) is 4. The van der Waals surface area contributed by atoms with Crippen LogP contribution in [0.3, 0.4) is 0 Å². The second kappa shape index (κ2) is 8.74. The number of benzene rings is 2. The molecule has 2 aromatic rings. The molecule has 0 N–H and O–H groups in total. The van der Waals surface area contributed by atoms with Crippen molar-refractivity contribution in [3.05, 3.63) is 60.7 Å². The molecule has 2 saturated heterocycles. The van der Waals surface area contributed by atoms with Crippen LogP contribution >= 0.6 is 7.44 Å². The van der Waals surface area contributed by atoms with E-state index in [9.17, 15) is 8.42 Å². The Morgan fingerprint density at radius 3 is 1.73 bits per heavy atom. The first-order valence-electron chi connectivity index (χ1n) is 10.7. The Morgan fingerprint density at radius 1 is 0.833 bits per heavy atom. The zero-order valence-corrected chi connectivity index (χ0v) is 19.1. The quantitative estimate of drug-likeness (QED) is 0.623. The predicted molar refractivity (Wildman–Crippen MR) is 124 cm³/mol. The van der Waals surface area contributed by atoms with E-state index in [1.807, 2.05) is 60.7 Å². The Balaban J connectivity index is 1.78. The molecule has 1 atom stereocenters. The van der Waals surface area contributed by atoms with E-state index in [4.69, 9.17) is 0 Å². The highest BCUT2D eigenvalue weighted by Gasteiger charge is 2.51. The van der Waals surface area contributed by atoms with Crippen LogP contribution in [0.5, 0.6) is 0 Å². The molecule has 162 valence electrons. The van der Waals surface area contributed by atoms with E-state index in [1.165, 1.54) is 0 Å². The van der Waals surface area contributed by atoms with Gasteiger partial charge in [-0.05, 0) is 30.7 Å². The van der Waals surface area contributed by atoms with Crippen molar-refractivity contribution in [2.75, 3.05) is 47.0 Å². The molecular formula is C22H30N3O3PS. The van der Waals surface area contributed by atoms with Gasteiger partial charge in [0.05, 0.1) is 11.5 Å². The summed E-state index contributed by atoms with van der Waals surface area (Å²) in [7, 11) is -6.07. The molecular weight excluding hydrogens is 417 g/mol. The first-order valence-corrected chi connectivity index (χ1v) is 14.2. The molecule has 0 amide bonds. The van der Waals surface area contributed by atoms with E-state index in [0.29, 0.717) is 26.2 Å². The van der Waals surface area contributed by atoms with Crippen molar-refractivity contribution in [3.63, 3.8) is 0 Å². The van der Waals surface area contributed by atoms with Gasteiger partial charge in [-0.3, -0.25) is 9.46 Å². The summed E-state index contributed by atoms with van der Waals surface area (Å²) < 4.78 is 43.3. The van der Waals surface area contributed by atoms with Gasteiger partial charge >= 0.3 is 0 Å². The summed E-state index contributed by atoms with van der Waals surface area (Å²) in [5, 5.41) is 0. The molecule has 2 fully saturated rings.